The summed E-state index contributed by atoms with van der Waals surface area (Å²) in [4.78, 5) is 16.5. The molecule has 0 bridgehead atoms. The Morgan fingerprint density at radius 3 is 2.69 bits per heavy atom. The number of tetrazole rings is 1. The van der Waals surface area contributed by atoms with Gasteiger partial charge in [-0.3, -0.25) is 4.79 Å². The minimum absolute atomic E-state index is 0.0193. The van der Waals surface area contributed by atoms with Gasteiger partial charge in [0, 0.05) is 33.3 Å². The van der Waals surface area contributed by atoms with Gasteiger partial charge in [0.25, 0.3) is 0 Å². The third-order valence-electron chi connectivity index (χ3n) is 5.20. The number of rotatable bonds is 15. The highest BCUT2D eigenvalue weighted by Crippen LogP contribution is 2.31. The summed E-state index contributed by atoms with van der Waals surface area (Å²) in [5.74, 6) is -0.732. The monoisotopic (exact) mass is 464 g/mol. The van der Waals surface area contributed by atoms with Crippen LogP contribution in [0.4, 0.5) is 5.82 Å². The second-order valence-electron chi connectivity index (χ2n) is 9.13. The number of aliphatic hydroxyl groups is 1. The van der Waals surface area contributed by atoms with Crippen LogP contribution < -0.4 is 5.32 Å². The lowest BCUT2D eigenvalue weighted by atomic mass is 9.83. The second-order valence-corrected chi connectivity index (χ2v) is 14.8. The highest BCUT2D eigenvalue weighted by Gasteiger charge is 2.33. The van der Waals surface area contributed by atoms with Crippen molar-refractivity contribution in [3.63, 3.8) is 0 Å². The molecule has 0 aliphatic rings. The van der Waals surface area contributed by atoms with E-state index in [1.165, 1.54) is 0 Å². The zero-order valence-electron chi connectivity index (χ0n) is 19.5. The molecule has 0 saturated heterocycles. The number of carbonyl (C=O) groups is 1. The number of aliphatic carboxylic acids is 1. The summed E-state index contributed by atoms with van der Waals surface area (Å²) in [7, 11) is -1.21. The molecule has 2 aromatic heterocycles. The Balaban J connectivity index is 2.21. The Morgan fingerprint density at radius 2 is 2.09 bits per heavy atom. The van der Waals surface area contributed by atoms with Crippen LogP contribution in [0.15, 0.2) is 18.3 Å². The van der Waals surface area contributed by atoms with Crippen LogP contribution in [-0.4, -0.2) is 69.2 Å². The Bertz CT molecular complexity index is 824. The van der Waals surface area contributed by atoms with Crippen molar-refractivity contribution in [1.82, 2.24) is 25.2 Å². The first-order valence-electron chi connectivity index (χ1n) is 11.1. The number of carboxylic acids is 1. The number of aliphatic hydroxyl groups excluding tert-OH is 1. The van der Waals surface area contributed by atoms with Gasteiger partial charge >= 0.3 is 5.97 Å². The van der Waals surface area contributed by atoms with Crippen LogP contribution in [0.5, 0.6) is 0 Å². The summed E-state index contributed by atoms with van der Waals surface area (Å²) in [6.45, 7) is 10.1. The van der Waals surface area contributed by atoms with E-state index in [1.807, 2.05) is 19.1 Å². The van der Waals surface area contributed by atoms with E-state index in [1.54, 1.807) is 10.9 Å². The van der Waals surface area contributed by atoms with Crippen LogP contribution in [0.1, 0.15) is 37.1 Å². The number of nitrogens with one attached hydrogen (secondary N) is 1. The predicted molar refractivity (Wildman–Crippen MR) is 124 cm³/mol. The standard InChI is InChI=1S/C21H36N6O4Si/c1-5-6-17(21(29)30)18(13-16-7-8-19(23-14-16)22-9-10-28)20-24-25-26-27(20)15-31-11-12-32(2,3)4/h7-8,14,17-18,28H,5-6,9-13,15H2,1-4H3,(H,22,23)(H,29,30)/t17-,18-/m0/s1. The molecule has 0 spiro atoms. The lowest BCUT2D eigenvalue weighted by molar-refractivity contribution is -0.143. The maximum Gasteiger partial charge on any atom is 0.307 e. The minimum atomic E-state index is -1.21. The quantitative estimate of drug-likeness (QED) is 0.268. The fourth-order valence-corrected chi connectivity index (χ4v) is 4.16. The Kier molecular flexibility index (Phi) is 10.2. The van der Waals surface area contributed by atoms with E-state index < -0.39 is 25.9 Å². The zero-order valence-corrected chi connectivity index (χ0v) is 20.5. The summed E-state index contributed by atoms with van der Waals surface area (Å²) in [6.07, 6.45) is 3.42. The molecule has 0 saturated carbocycles. The van der Waals surface area contributed by atoms with Gasteiger partial charge in [0.05, 0.1) is 12.5 Å². The van der Waals surface area contributed by atoms with Crippen LogP contribution in [0.2, 0.25) is 25.7 Å². The van der Waals surface area contributed by atoms with Gasteiger partial charge in [-0.25, -0.2) is 9.67 Å². The molecule has 2 aromatic rings. The van der Waals surface area contributed by atoms with Crippen LogP contribution in [-0.2, 0) is 22.7 Å². The van der Waals surface area contributed by atoms with Crippen molar-refractivity contribution < 1.29 is 19.7 Å². The number of ether oxygens (including phenoxy) is 1. The molecule has 11 heteroatoms. The number of aromatic nitrogens is 5. The Hall–Kier alpha value is -2.37. The topological polar surface area (TPSA) is 135 Å². The van der Waals surface area contributed by atoms with E-state index in [2.05, 4.69) is 45.5 Å². The molecular formula is C21H36N6O4Si. The summed E-state index contributed by atoms with van der Waals surface area (Å²) in [5, 5.41) is 33.9. The molecule has 32 heavy (non-hydrogen) atoms. The van der Waals surface area contributed by atoms with Gasteiger partial charge in [0.15, 0.2) is 5.82 Å². The molecule has 0 aliphatic carbocycles. The van der Waals surface area contributed by atoms with Crippen molar-refractivity contribution in [2.45, 2.75) is 64.5 Å². The molecule has 3 N–H and O–H groups in total. The first-order valence-corrected chi connectivity index (χ1v) is 14.8. The fraction of sp³-hybridized carbons (Fsp3) is 0.667. The fourth-order valence-electron chi connectivity index (χ4n) is 3.41. The summed E-state index contributed by atoms with van der Waals surface area (Å²) < 4.78 is 7.39. The van der Waals surface area contributed by atoms with Crippen LogP contribution in [0.3, 0.4) is 0 Å². The summed E-state index contributed by atoms with van der Waals surface area (Å²) in [6, 6.07) is 4.76. The average Bonchev–Trinajstić information content (AvgIpc) is 3.20. The minimum Gasteiger partial charge on any atom is -0.481 e. The van der Waals surface area contributed by atoms with Crippen molar-refractivity contribution in [2.75, 3.05) is 25.1 Å². The molecule has 2 rings (SSSR count). The second kappa shape index (κ2) is 12.6. The largest absolute Gasteiger partial charge is 0.481 e. The van der Waals surface area contributed by atoms with E-state index in [4.69, 9.17) is 9.84 Å². The molecule has 0 amide bonds. The zero-order chi connectivity index (χ0) is 23.6. The third-order valence-corrected chi connectivity index (χ3v) is 6.91. The van der Waals surface area contributed by atoms with Gasteiger partial charge in [-0.05, 0) is 40.9 Å². The number of hydrogen-bond acceptors (Lipinski definition) is 8. The number of carboxylic acid groups (broad SMARTS) is 1. The van der Waals surface area contributed by atoms with Crippen molar-refractivity contribution in [1.29, 1.82) is 0 Å². The Morgan fingerprint density at radius 1 is 1.31 bits per heavy atom. The van der Waals surface area contributed by atoms with Crippen LogP contribution in [0, 0.1) is 5.92 Å². The molecule has 2 heterocycles. The predicted octanol–water partition coefficient (Wildman–Crippen LogP) is 2.61. The lowest BCUT2D eigenvalue weighted by Gasteiger charge is -2.23. The van der Waals surface area contributed by atoms with Gasteiger partial charge in [-0.15, -0.1) is 5.10 Å². The van der Waals surface area contributed by atoms with Crippen LogP contribution in [0.25, 0.3) is 0 Å². The molecule has 0 unspecified atom stereocenters. The average molecular weight is 465 g/mol. The first-order chi connectivity index (χ1) is 15.2. The third kappa shape index (κ3) is 8.28. The number of anilines is 1. The molecule has 178 valence electrons. The summed E-state index contributed by atoms with van der Waals surface area (Å²) in [5.41, 5.74) is 0.890. The number of hydrogen-bond donors (Lipinski definition) is 3. The van der Waals surface area contributed by atoms with E-state index >= 15 is 0 Å². The van der Waals surface area contributed by atoms with Gasteiger partial charge in [-0.1, -0.05) is 39.1 Å². The highest BCUT2D eigenvalue weighted by atomic mass is 28.3. The van der Waals surface area contributed by atoms with Gasteiger partial charge in [0.2, 0.25) is 0 Å². The molecule has 0 fully saturated rings. The van der Waals surface area contributed by atoms with Crippen molar-refractivity contribution in [3.05, 3.63) is 29.7 Å². The molecular weight excluding hydrogens is 428 g/mol. The van der Waals surface area contributed by atoms with Crippen molar-refractivity contribution in [2.24, 2.45) is 5.92 Å². The SMILES string of the molecule is CCC[C@H](C(=O)O)[C@H](Cc1ccc(NCCO)nc1)c1nnnn1COCC[Si](C)(C)C. The molecule has 0 aromatic carbocycles. The number of pyridine rings is 1. The van der Waals surface area contributed by atoms with Crippen molar-refractivity contribution in [3.8, 4) is 0 Å². The lowest BCUT2D eigenvalue weighted by Crippen LogP contribution is -2.27. The maximum atomic E-state index is 12.1. The smallest absolute Gasteiger partial charge is 0.307 e. The number of nitrogens with zero attached hydrogens (tertiary/aromatic N) is 5. The van der Waals surface area contributed by atoms with E-state index in [9.17, 15) is 9.90 Å². The van der Waals surface area contributed by atoms with Crippen molar-refractivity contribution >= 4 is 19.9 Å². The molecule has 0 aliphatic heterocycles. The first kappa shape index (κ1) is 25.9. The normalized spacial score (nSPS) is 13.7. The van der Waals surface area contributed by atoms with E-state index in [-0.39, 0.29) is 13.3 Å². The molecule has 10 nitrogen and oxygen atoms in total. The summed E-state index contributed by atoms with van der Waals surface area (Å²) >= 11 is 0. The Labute approximate surface area is 190 Å². The van der Waals surface area contributed by atoms with Gasteiger partial charge < -0.3 is 20.3 Å². The maximum absolute atomic E-state index is 12.1. The van der Waals surface area contributed by atoms with Gasteiger partial charge in [-0.2, -0.15) is 0 Å². The molecule has 2 atom stereocenters. The van der Waals surface area contributed by atoms with E-state index in [0.717, 1.165) is 18.0 Å². The van der Waals surface area contributed by atoms with Gasteiger partial charge in [0.1, 0.15) is 12.5 Å². The highest BCUT2D eigenvalue weighted by molar-refractivity contribution is 6.76. The van der Waals surface area contributed by atoms with E-state index in [0.29, 0.717) is 37.6 Å². The molecule has 0 radical (unpaired) electrons. The van der Waals surface area contributed by atoms with Crippen LogP contribution >= 0.6 is 0 Å².